The Morgan fingerprint density at radius 3 is 2.38 bits per heavy atom. The number of hydrogen-bond acceptors (Lipinski definition) is 4. The summed E-state index contributed by atoms with van der Waals surface area (Å²) in [4.78, 5) is 4.28. The number of aliphatic imine (C=N–C) groups is 1. The monoisotopic (exact) mass is 536 g/mol. The fourth-order valence-corrected chi connectivity index (χ4v) is 3.36. The molecule has 0 amide bonds. The number of ether oxygens (including phenoxy) is 1. The van der Waals surface area contributed by atoms with Crippen LogP contribution in [0.1, 0.15) is 6.92 Å². The molecule has 2 aromatic rings. The maximum Gasteiger partial charge on any atom is 0.240 e. The molecule has 0 aliphatic heterocycles. The van der Waals surface area contributed by atoms with Crippen LogP contribution in [0.15, 0.2) is 64.5 Å². The zero-order valence-corrected chi connectivity index (χ0v) is 19.4. The Labute approximate surface area is 188 Å². The highest BCUT2D eigenvalue weighted by Crippen LogP contribution is 2.16. The molecule has 1 unspecified atom stereocenters. The molecule has 0 radical (unpaired) electrons. The lowest BCUT2D eigenvalue weighted by molar-refractivity contribution is 0.214. The van der Waals surface area contributed by atoms with Gasteiger partial charge in [-0.25, -0.2) is 17.5 Å². The Morgan fingerprint density at radius 1 is 1.07 bits per heavy atom. The summed E-state index contributed by atoms with van der Waals surface area (Å²) in [6.07, 6.45) is -0.299. The molecule has 2 aromatic carbocycles. The average molecular weight is 536 g/mol. The fourth-order valence-electron chi connectivity index (χ4n) is 2.31. The summed E-state index contributed by atoms with van der Waals surface area (Å²) in [5.74, 6) is 0.264. The summed E-state index contributed by atoms with van der Waals surface area (Å²) in [5, 5.41) is 6.06. The Hall–Kier alpha value is -1.92. The third kappa shape index (κ3) is 8.54. The topological polar surface area (TPSA) is 91.8 Å². The molecule has 29 heavy (non-hydrogen) atoms. The van der Waals surface area contributed by atoms with Gasteiger partial charge in [0.2, 0.25) is 10.0 Å². The third-order valence-corrected chi connectivity index (χ3v) is 5.19. The minimum atomic E-state index is -3.54. The van der Waals surface area contributed by atoms with Crippen LogP contribution in [-0.2, 0) is 10.0 Å². The van der Waals surface area contributed by atoms with Crippen LogP contribution in [-0.4, -0.2) is 47.2 Å². The van der Waals surface area contributed by atoms with Crippen molar-refractivity contribution in [2.75, 3.05) is 26.7 Å². The van der Waals surface area contributed by atoms with Crippen molar-refractivity contribution >= 4 is 40.0 Å². The number of para-hydroxylation sites is 1. The van der Waals surface area contributed by atoms with E-state index in [1.807, 2.05) is 0 Å². The van der Waals surface area contributed by atoms with E-state index in [0.717, 1.165) is 0 Å². The zero-order valence-electron chi connectivity index (χ0n) is 16.3. The van der Waals surface area contributed by atoms with Gasteiger partial charge < -0.3 is 15.4 Å². The van der Waals surface area contributed by atoms with E-state index in [2.05, 4.69) is 20.3 Å². The quantitative estimate of drug-likeness (QED) is 0.198. The van der Waals surface area contributed by atoms with E-state index in [-0.39, 0.29) is 47.3 Å². The van der Waals surface area contributed by atoms with Crippen LogP contribution in [0.3, 0.4) is 0 Å². The fraction of sp³-hybridized carbons (Fsp3) is 0.316. The van der Waals surface area contributed by atoms with Gasteiger partial charge in [0.05, 0.1) is 11.4 Å². The Balaban J connectivity index is 0.00000420. The lowest BCUT2D eigenvalue weighted by Gasteiger charge is -2.18. The highest BCUT2D eigenvalue weighted by Gasteiger charge is 2.12. The number of guanidine groups is 1. The van der Waals surface area contributed by atoms with E-state index < -0.39 is 15.8 Å². The molecule has 0 heterocycles. The van der Waals surface area contributed by atoms with Gasteiger partial charge in [-0.3, -0.25) is 4.99 Å². The van der Waals surface area contributed by atoms with Crippen molar-refractivity contribution in [2.45, 2.75) is 17.9 Å². The van der Waals surface area contributed by atoms with Gasteiger partial charge in [0.25, 0.3) is 0 Å². The highest BCUT2D eigenvalue weighted by atomic mass is 127. The third-order valence-electron chi connectivity index (χ3n) is 3.71. The molecule has 0 saturated carbocycles. The van der Waals surface area contributed by atoms with Gasteiger partial charge in [-0.1, -0.05) is 30.3 Å². The molecule has 3 N–H and O–H groups in total. The number of nitrogens with zero attached hydrogens (tertiary/aromatic N) is 1. The van der Waals surface area contributed by atoms with Crippen LogP contribution in [0.4, 0.5) is 4.39 Å². The normalized spacial score (nSPS) is 12.6. The molecule has 0 saturated heterocycles. The molecule has 0 fully saturated rings. The van der Waals surface area contributed by atoms with Crippen LogP contribution in [0.2, 0.25) is 0 Å². The predicted octanol–water partition coefficient (Wildman–Crippen LogP) is 2.35. The van der Waals surface area contributed by atoms with Crippen molar-refractivity contribution in [2.24, 2.45) is 4.99 Å². The molecule has 0 aliphatic rings. The minimum absolute atomic E-state index is 0. The second-order valence-corrected chi connectivity index (χ2v) is 7.72. The summed E-state index contributed by atoms with van der Waals surface area (Å²) >= 11 is 0. The number of benzene rings is 2. The zero-order chi connectivity index (χ0) is 20.4. The molecular formula is C19H26FIN4O3S. The molecule has 0 spiro atoms. The molecule has 2 rings (SSSR count). The van der Waals surface area contributed by atoms with Crippen molar-refractivity contribution in [3.8, 4) is 5.75 Å². The molecule has 0 aliphatic carbocycles. The van der Waals surface area contributed by atoms with Crippen molar-refractivity contribution in [3.05, 3.63) is 60.4 Å². The molecule has 7 nitrogen and oxygen atoms in total. The van der Waals surface area contributed by atoms with Gasteiger partial charge in [0.15, 0.2) is 17.5 Å². The molecular weight excluding hydrogens is 510 g/mol. The standard InChI is InChI=1S/C19H25FN4O3S.HI/c1-15(27-18-11-7-6-10-17(18)20)14-23-19(21-2)22-12-13-24-28(25,26)16-8-4-3-5-9-16;/h3-11,15,24H,12-14H2,1-2H3,(H2,21,22,23);1H. The predicted molar refractivity (Wildman–Crippen MR) is 123 cm³/mol. The molecule has 0 bridgehead atoms. The van der Waals surface area contributed by atoms with E-state index >= 15 is 0 Å². The first kappa shape index (κ1) is 25.1. The van der Waals surface area contributed by atoms with Crippen molar-refractivity contribution in [1.82, 2.24) is 15.4 Å². The number of hydrogen-bond donors (Lipinski definition) is 3. The Morgan fingerprint density at radius 2 is 1.72 bits per heavy atom. The SMILES string of the molecule is CN=C(NCCNS(=O)(=O)c1ccccc1)NCC(C)Oc1ccccc1F.I. The Bertz CT molecular complexity index is 882. The summed E-state index contributed by atoms with van der Waals surface area (Å²) < 4.78 is 45.9. The van der Waals surface area contributed by atoms with Crippen LogP contribution < -0.4 is 20.1 Å². The molecule has 0 aromatic heterocycles. The number of halogens is 2. The number of sulfonamides is 1. The maximum atomic E-state index is 13.6. The first-order valence-corrected chi connectivity index (χ1v) is 10.3. The molecule has 10 heteroatoms. The van der Waals surface area contributed by atoms with Crippen LogP contribution in [0.5, 0.6) is 5.75 Å². The Kier molecular flexibility index (Phi) is 10.9. The summed E-state index contributed by atoms with van der Waals surface area (Å²) in [6, 6.07) is 14.4. The van der Waals surface area contributed by atoms with Crippen LogP contribution in [0.25, 0.3) is 0 Å². The van der Waals surface area contributed by atoms with Gasteiger partial charge in [0, 0.05) is 20.1 Å². The minimum Gasteiger partial charge on any atom is -0.486 e. The first-order chi connectivity index (χ1) is 13.4. The first-order valence-electron chi connectivity index (χ1n) is 8.83. The second-order valence-electron chi connectivity index (χ2n) is 5.95. The summed E-state index contributed by atoms with van der Waals surface area (Å²) in [6.45, 7) is 2.73. The van der Waals surface area contributed by atoms with Crippen LogP contribution in [0, 0.1) is 5.82 Å². The van der Waals surface area contributed by atoms with Gasteiger partial charge in [-0.05, 0) is 31.2 Å². The van der Waals surface area contributed by atoms with Gasteiger partial charge >= 0.3 is 0 Å². The largest absolute Gasteiger partial charge is 0.486 e. The lowest BCUT2D eigenvalue weighted by atomic mass is 10.3. The maximum absolute atomic E-state index is 13.6. The van der Waals surface area contributed by atoms with Crippen molar-refractivity contribution in [1.29, 1.82) is 0 Å². The van der Waals surface area contributed by atoms with Crippen LogP contribution >= 0.6 is 24.0 Å². The molecule has 1 atom stereocenters. The van der Waals surface area contributed by atoms with E-state index in [4.69, 9.17) is 4.74 Å². The van der Waals surface area contributed by atoms with Crippen molar-refractivity contribution < 1.29 is 17.5 Å². The van der Waals surface area contributed by atoms with Gasteiger partial charge in [-0.15, -0.1) is 24.0 Å². The molecule has 160 valence electrons. The summed E-state index contributed by atoms with van der Waals surface area (Å²) in [5.41, 5.74) is 0. The second kappa shape index (κ2) is 12.6. The number of rotatable bonds is 9. The number of nitrogens with one attached hydrogen (secondary N) is 3. The van der Waals surface area contributed by atoms with E-state index in [0.29, 0.717) is 19.0 Å². The lowest BCUT2D eigenvalue weighted by Crippen LogP contribution is -2.44. The van der Waals surface area contributed by atoms with Crippen molar-refractivity contribution in [3.63, 3.8) is 0 Å². The van der Waals surface area contributed by atoms with E-state index in [1.54, 1.807) is 50.4 Å². The van der Waals surface area contributed by atoms with E-state index in [1.165, 1.54) is 18.2 Å². The highest BCUT2D eigenvalue weighted by molar-refractivity contribution is 14.0. The van der Waals surface area contributed by atoms with Gasteiger partial charge in [-0.2, -0.15) is 0 Å². The van der Waals surface area contributed by atoms with E-state index in [9.17, 15) is 12.8 Å². The summed E-state index contributed by atoms with van der Waals surface area (Å²) in [7, 11) is -1.93. The average Bonchev–Trinajstić information content (AvgIpc) is 2.70. The van der Waals surface area contributed by atoms with Gasteiger partial charge in [0.1, 0.15) is 6.10 Å². The smallest absolute Gasteiger partial charge is 0.240 e.